The molecule has 3 atom stereocenters. The first kappa shape index (κ1) is 31.3. The molecule has 0 unspecified atom stereocenters. The Morgan fingerprint density at radius 3 is 2.62 bits per heavy atom. The minimum atomic E-state index is -4.63. The number of rotatable bonds is 6. The highest BCUT2D eigenvalue weighted by Crippen LogP contribution is 2.43. The van der Waals surface area contributed by atoms with Gasteiger partial charge in [0.2, 0.25) is 17.7 Å². The molecule has 3 fully saturated rings. The molecule has 9 nitrogen and oxygen atoms in total. The average molecular weight is 645 g/mol. The molecule has 45 heavy (non-hydrogen) atoms. The molecule has 0 saturated carbocycles. The second kappa shape index (κ2) is 11.9. The maximum Gasteiger partial charge on any atom is 0.416 e. The number of para-hydroxylation sites is 1. The van der Waals surface area contributed by atoms with Crippen LogP contribution < -0.4 is 14.7 Å². The molecule has 4 aliphatic heterocycles. The molecular formula is C32H36ClF3N6O3. The molecule has 6 rings (SSSR count). The largest absolute Gasteiger partial charge is 0.416 e. The normalized spacial score (nSPS) is 24.4. The molecule has 2 aromatic rings. The van der Waals surface area contributed by atoms with Crippen molar-refractivity contribution in [3.05, 3.63) is 59.3 Å². The van der Waals surface area contributed by atoms with Gasteiger partial charge >= 0.3 is 6.18 Å². The molecule has 1 aromatic carbocycles. The Balaban J connectivity index is 1.24. The monoisotopic (exact) mass is 644 g/mol. The zero-order valence-electron chi connectivity index (χ0n) is 25.3. The Labute approximate surface area is 265 Å². The molecule has 1 aromatic heterocycles. The Morgan fingerprint density at radius 2 is 1.91 bits per heavy atom. The van der Waals surface area contributed by atoms with Crippen LogP contribution in [0.5, 0.6) is 0 Å². The topological polar surface area (TPSA) is 80.3 Å². The second-order valence-electron chi connectivity index (χ2n) is 12.5. The summed E-state index contributed by atoms with van der Waals surface area (Å²) in [6.45, 7) is 9.25. The van der Waals surface area contributed by atoms with E-state index in [0.717, 1.165) is 43.0 Å². The number of anilines is 3. The van der Waals surface area contributed by atoms with E-state index in [9.17, 15) is 27.6 Å². The summed E-state index contributed by atoms with van der Waals surface area (Å²) in [7, 11) is 1.61. The number of halogens is 4. The van der Waals surface area contributed by atoms with Crippen LogP contribution in [0.1, 0.15) is 30.5 Å². The lowest BCUT2D eigenvalue weighted by Crippen LogP contribution is -2.60. The lowest BCUT2D eigenvalue weighted by Gasteiger charge is -2.43. The number of amides is 3. The Bertz CT molecular complexity index is 1530. The van der Waals surface area contributed by atoms with Crippen LogP contribution in [0.15, 0.2) is 43.0 Å². The maximum atomic E-state index is 14.0. The van der Waals surface area contributed by atoms with Gasteiger partial charge in [0.25, 0.3) is 0 Å². The second-order valence-corrected chi connectivity index (χ2v) is 12.9. The van der Waals surface area contributed by atoms with E-state index in [2.05, 4.69) is 21.4 Å². The number of alkyl halides is 3. The fourth-order valence-corrected chi connectivity index (χ4v) is 7.52. The molecular weight excluding hydrogens is 609 g/mol. The van der Waals surface area contributed by atoms with Crippen LogP contribution in [-0.2, 0) is 20.6 Å². The van der Waals surface area contributed by atoms with Crippen molar-refractivity contribution in [1.82, 2.24) is 14.8 Å². The number of carbonyl (C=O) groups is 3. The SMILES string of the molecule is C=CC(=O)N1CC(N2CC[C@@H](CCN3C[C@H]4CC(=O)N(c5cc(C(F)(F)F)cc(C)n5)[C@@H]4C(=O)N(C)c4cccc(Cl)c43)C2)C1. The summed E-state index contributed by atoms with van der Waals surface area (Å²) in [6.07, 6.45) is -1.41. The van der Waals surface area contributed by atoms with Crippen LogP contribution in [-0.4, -0.2) is 90.9 Å². The van der Waals surface area contributed by atoms with Crippen LogP contribution in [0.2, 0.25) is 5.02 Å². The van der Waals surface area contributed by atoms with Gasteiger partial charge in [-0.1, -0.05) is 24.2 Å². The molecule has 13 heteroatoms. The standard InChI is InChI=1S/C32H36ClF3N6O3/c1-4-27(43)41-17-23(18-41)39-10-8-20(15-39)9-11-40-16-21-13-28(44)42(26-14-22(32(34,35)36)12-19(2)37-26)29(21)31(45)38(3)25-7-5-6-24(33)30(25)40/h4-7,12,14,20-21,23,29H,1,8-11,13,15-18H2,2-3H3/t20-,21+,29-/m0/s1. The van der Waals surface area contributed by atoms with Crippen molar-refractivity contribution in [2.45, 2.75) is 44.4 Å². The number of pyridine rings is 1. The van der Waals surface area contributed by atoms with Crippen molar-refractivity contribution < 1.29 is 27.6 Å². The number of aromatic nitrogens is 1. The number of benzene rings is 1. The molecule has 3 amide bonds. The van der Waals surface area contributed by atoms with Gasteiger partial charge in [-0.3, -0.25) is 24.2 Å². The third kappa shape index (κ3) is 5.90. The fraction of sp³-hybridized carbons (Fsp3) is 0.500. The summed E-state index contributed by atoms with van der Waals surface area (Å²) >= 11 is 6.77. The van der Waals surface area contributed by atoms with Crippen molar-refractivity contribution in [2.24, 2.45) is 11.8 Å². The molecule has 0 N–H and O–H groups in total. The molecule has 240 valence electrons. The molecule has 4 aliphatic rings. The molecule has 0 bridgehead atoms. The smallest absolute Gasteiger partial charge is 0.368 e. The van der Waals surface area contributed by atoms with Crippen molar-refractivity contribution in [3.63, 3.8) is 0 Å². The summed E-state index contributed by atoms with van der Waals surface area (Å²) in [5.74, 6) is -1.13. The van der Waals surface area contributed by atoms with E-state index in [1.54, 1.807) is 30.1 Å². The van der Waals surface area contributed by atoms with E-state index in [0.29, 0.717) is 54.5 Å². The zero-order valence-corrected chi connectivity index (χ0v) is 26.0. The summed E-state index contributed by atoms with van der Waals surface area (Å²) in [6, 6.07) is 6.43. The van der Waals surface area contributed by atoms with Gasteiger partial charge in [-0.05, 0) is 62.6 Å². The number of hydrogen-bond acceptors (Lipinski definition) is 6. The summed E-state index contributed by atoms with van der Waals surface area (Å²) < 4.78 is 41.1. The first-order chi connectivity index (χ1) is 21.3. The van der Waals surface area contributed by atoms with Crippen LogP contribution in [0.3, 0.4) is 0 Å². The fourth-order valence-electron chi connectivity index (χ4n) is 7.23. The minimum absolute atomic E-state index is 0.00365. The molecule has 0 aliphatic carbocycles. The molecule has 5 heterocycles. The number of likely N-dealkylation sites (N-methyl/N-ethyl adjacent to an activating group) is 1. The van der Waals surface area contributed by atoms with Gasteiger partial charge in [-0.25, -0.2) is 4.98 Å². The zero-order chi connectivity index (χ0) is 32.2. The van der Waals surface area contributed by atoms with Gasteiger partial charge in [-0.2, -0.15) is 13.2 Å². The van der Waals surface area contributed by atoms with E-state index in [4.69, 9.17) is 11.6 Å². The van der Waals surface area contributed by atoms with E-state index in [-0.39, 0.29) is 23.8 Å². The van der Waals surface area contributed by atoms with Gasteiger partial charge in [0.1, 0.15) is 11.9 Å². The van der Waals surface area contributed by atoms with Gasteiger partial charge in [0.15, 0.2) is 0 Å². The molecule has 3 saturated heterocycles. The number of fused-ring (bicyclic) bond motifs is 2. The highest BCUT2D eigenvalue weighted by atomic mass is 35.5. The van der Waals surface area contributed by atoms with Gasteiger partial charge in [-0.15, -0.1) is 0 Å². The lowest BCUT2D eigenvalue weighted by atomic mass is 9.95. The summed E-state index contributed by atoms with van der Waals surface area (Å²) in [4.78, 5) is 52.6. The van der Waals surface area contributed by atoms with E-state index in [1.165, 1.54) is 17.9 Å². The Morgan fingerprint density at radius 1 is 1.16 bits per heavy atom. The van der Waals surface area contributed by atoms with Crippen LogP contribution in [0.4, 0.5) is 30.4 Å². The quantitative estimate of drug-likeness (QED) is 0.435. The summed E-state index contributed by atoms with van der Waals surface area (Å²) in [5.41, 5.74) is 0.473. The van der Waals surface area contributed by atoms with Gasteiger partial charge < -0.3 is 14.7 Å². The third-order valence-corrected chi connectivity index (χ3v) is 9.92. The first-order valence-electron chi connectivity index (χ1n) is 15.2. The number of carbonyl (C=O) groups excluding carboxylic acids is 3. The van der Waals surface area contributed by atoms with Gasteiger partial charge in [0, 0.05) is 63.8 Å². The third-order valence-electron chi connectivity index (χ3n) is 9.62. The number of nitrogens with zero attached hydrogens (tertiary/aromatic N) is 6. The Kier molecular flexibility index (Phi) is 8.32. The van der Waals surface area contributed by atoms with Crippen molar-refractivity contribution in [2.75, 3.05) is 61.0 Å². The summed E-state index contributed by atoms with van der Waals surface area (Å²) in [5, 5.41) is 0.483. The van der Waals surface area contributed by atoms with E-state index >= 15 is 0 Å². The predicted molar refractivity (Wildman–Crippen MR) is 165 cm³/mol. The van der Waals surface area contributed by atoms with Crippen LogP contribution >= 0.6 is 11.6 Å². The maximum absolute atomic E-state index is 14.0. The number of hydrogen-bond donors (Lipinski definition) is 0. The van der Waals surface area contributed by atoms with Crippen LogP contribution in [0, 0.1) is 18.8 Å². The van der Waals surface area contributed by atoms with Crippen molar-refractivity contribution >= 4 is 46.5 Å². The van der Waals surface area contributed by atoms with Crippen molar-refractivity contribution in [1.29, 1.82) is 0 Å². The van der Waals surface area contributed by atoms with Crippen molar-refractivity contribution in [3.8, 4) is 0 Å². The predicted octanol–water partition coefficient (Wildman–Crippen LogP) is 4.38. The van der Waals surface area contributed by atoms with E-state index in [1.807, 2.05) is 0 Å². The highest BCUT2D eigenvalue weighted by molar-refractivity contribution is 6.34. The van der Waals surface area contributed by atoms with E-state index < -0.39 is 35.5 Å². The Hall–Kier alpha value is -3.64. The van der Waals surface area contributed by atoms with Crippen LogP contribution in [0.25, 0.3) is 0 Å². The van der Waals surface area contributed by atoms with Gasteiger partial charge in [0.05, 0.1) is 22.0 Å². The number of aryl methyl sites for hydroxylation is 1. The molecule has 0 radical (unpaired) electrons. The highest BCUT2D eigenvalue weighted by Gasteiger charge is 2.49. The average Bonchev–Trinajstić information content (AvgIpc) is 3.55. The lowest BCUT2D eigenvalue weighted by molar-refractivity contribution is -0.137. The first-order valence-corrected chi connectivity index (χ1v) is 15.6. The minimum Gasteiger partial charge on any atom is -0.368 e. The number of likely N-dealkylation sites (tertiary alicyclic amines) is 2. The molecule has 0 spiro atoms.